The van der Waals surface area contributed by atoms with Crippen molar-refractivity contribution in [2.45, 2.75) is 22.8 Å². The summed E-state index contributed by atoms with van der Waals surface area (Å²) in [6, 6.07) is 16.1. The smallest absolute Gasteiger partial charge is 0.203 e. The zero-order valence-corrected chi connectivity index (χ0v) is 16.5. The molecule has 0 fully saturated rings. The van der Waals surface area contributed by atoms with E-state index in [2.05, 4.69) is 22.1 Å². The molecule has 0 aliphatic rings. The van der Waals surface area contributed by atoms with Crippen LogP contribution in [0.15, 0.2) is 64.6 Å². The highest BCUT2D eigenvalue weighted by Gasteiger charge is 2.13. The standard InChI is InChI=1S/C21H22N2O3S/c1-24-17-13-15(14-18(25-2)21(17)26-3)9-10-19-22-12-11-20(23-19)27-16-7-5-4-6-8-16/h4-8,11-14H,9-10H2,1-3H3. The number of ether oxygens (including phenoxy) is 3. The fraction of sp³-hybridized carbons (Fsp3) is 0.238. The van der Waals surface area contributed by atoms with Gasteiger partial charge in [0.25, 0.3) is 0 Å². The molecule has 6 heteroatoms. The molecule has 0 radical (unpaired) electrons. The largest absolute Gasteiger partial charge is 0.493 e. The molecule has 0 bridgehead atoms. The predicted molar refractivity (Wildman–Crippen MR) is 106 cm³/mol. The van der Waals surface area contributed by atoms with E-state index in [4.69, 9.17) is 14.2 Å². The summed E-state index contributed by atoms with van der Waals surface area (Å²) < 4.78 is 16.2. The van der Waals surface area contributed by atoms with E-state index in [1.165, 1.54) is 0 Å². The van der Waals surface area contributed by atoms with Gasteiger partial charge in [0.15, 0.2) is 11.5 Å². The maximum absolute atomic E-state index is 5.42. The highest BCUT2D eigenvalue weighted by molar-refractivity contribution is 7.99. The molecule has 0 spiro atoms. The fourth-order valence-corrected chi connectivity index (χ4v) is 3.52. The van der Waals surface area contributed by atoms with Gasteiger partial charge in [0.05, 0.1) is 21.3 Å². The first-order valence-electron chi connectivity index (χ1n) is 8.57. The van der Waals surface area contributed by atoms with E-state index in [-0.39, 0.29) is 0 Å². The molecule has 0 saturated heterocycles. The normalized spacial score (nSPS) is 10.5. The number of aryl methyl sites for hydroxylation is 2. The lowest BCUT2D eigenvalue weighted by Gasteiger charge is -2.14. The molecule has 1 heterocycles. The Morgan fingerprint density at radius 3 is 2.19 bits per heavy atom. The van der Waals surface area contributed by atoms with E-state index in [0.717, 1.165) is 34.2 Å². The van der Waals surface area contributed by atoms with E-state index in [9.17, 15) is 0 Å². The molecule has 0 atom stereocenters. The molecule has 3 aromatic rings. The van der Waals surface area contributed by atoms with Crippen LogP contribution in [-0.4, -0.2) is 31.3 Å². The second-order valence-corrected chi connectivity index (χ2v) is 6.85. The van der Waals surface area contributed by atoms with Crippen LogP contribution in [0.2, 0.25) is 0 Å². The van der Waals surface area contributed by atoms with Crippen LogP contribution in [-0.2, 0) is 12.8 Å². The molecule has 0 N–H and O–H groups in total. The maximum atomic E-state index is 5.42. The summed E-state index contributed by atoms with van der Waals surface area (Å²) in [6.07, 6.45) is 3.31. The molecular weight excluding hydrogens is 360 g/mol. The maximum Gasteiger partial charge on any atom is 0.203 e. The molecule has 0 aliphatic heterocycles. The summed E-state index contributed by atoms with van der Waals surface area (Å²) in [5, 5.41) is 0.941. The Bertz CT molecular complexity index is 863. The topological polar surface area (TPSA) is 53.5 Å². The van der Waals surface area contributed by atoms with Gasteiger partial charge in [0.1, 0.15) is 10.9 Å². The Balaban J connectivity index is 1.72. The zero-order chi connectivity index (χ0) is 19.1. The van der Waals surface area contributed by atoms with Crippen LogP contribution in [0.1, 0.15) is 11.4 Å². The van der Waals surface area contributed by atoms with Crippen molar-refractivity contribution in [3.05, 3.63) is 66.1 Å². The lowest BCUT2D eigenvalue weighted by molar-refractivity contribution is 0.324. The molecule has 140 valence electrons. The first-order valence-corrected chi connectivity index (χ1v) is 9.39. The monoisotopic (exact) mass is 382 g/mol. The second-order valence-electron chi connectivity index (χ2n) is 5.76. The number of benzene rings is 2. The van der Waals surface area contributed by atoms with Gasteiger partial charge in [-0.25, -0.2) is 9.97 Å². The SMILES string of the molecule is COc1cc(CCc2nccc(Sc3ccccc3)n2)cc(OC)c1OC. The minimum atomic E-state index is 0.598. The van der Waals surface area contributed by atoms with Gasteiger partial charge in [0, 0.05) is 17.5 Å². The molecule has 2 aromatic carbocycles. The average Bonchev–Trinajstić information content (AvgIpc) is 2.72. The molecule has 0 aliphatic carbocycles. The zero-order valence-electron chi connectivity index (χ0n) is 15.6. The van der Waals surface area contributed by atoms with Crippen LogP contribution in [0.4, 0.5) is 0 Å². The van der Waals surface area contributed by atoms with E-state index >= 15 is 0 Å². The minimum Gasteiger partial charge on any atom is -0.493 e. The van der Waals surface area contributed by atoms with Crippen molar-refractivity contribution in [1.82, 2.24) is 9.97 Å². The molecule has 5 nitrogen and oxygen atoms in total. The Morgan fingerprint density at radius 1 is 0.852 bits per heavy atom. The number of aromatic nitrogens is 2. The summed E-state index contributed by atoms with van der Waals surface area (Å²) in [6.45, 7) is 0. The predicted octanol–water partition coefficient (Wildman–Crippen LogP) is 4.44. The highest BCUT2D eigenvalue weighted by Crippen LogP contribution is 2.38. The Morgan fingerprint density at radius 2 is 1.56 bits per heavy atom. The van der Waals surface area contributed by atoms with Crippen LogP contribution >= 0.6 is 11.8 Å². The van der Waals surface area contributed by atoms with Gasteiger partial charge >= 0.3 is 0 Å². The van der Waals surface area contributed by atoms with E-state index < -0.39 is 0 Å². The van der Waals surface area contributed by atoms with E-state index in [1.54, 1.807) is 33.1 Å². The third-order valence-electron chi connectivity index (χ3n) is 4.01. The third-order valence-corrected chi connectivity index (χ3v) is 4.95. The molecule has 1 aromatic heterocycles. The third kappa shape index (κ3) is 4.92. The molecule has 0 amide bonds. The first-order chi connectivity index (χ1) is 13.2. The first kappa shape index (κ1) is 19.0. The van der Waals surface area contributed by atoms with Crippen LogP contribution in [0.25, 0.3) is 0 Å². The second kappa shape index (κ2) is 9.28. The fourth-order valence-electron chi connectivity index (χ4n) is 2.70. The van der Waals surface area contributed by atoms with E-state index in [1.807, 2.05) is 42.6 Å². The average molecular weight is 382 g/mol. The van der Waals surface area contributed by atoms with Gasteiger partial charge in [-0.2, -0.15) is 0 Å². The Labute approximate surface area is 163 Å². The van der Waals surface area contributed by atoms with Gasteiger partial charge in [0.2, 0.25) is 5.75 Å². The molecular formula is C21H22N2O3S. The van der Waals surface area contributed by atoms with Crippen molar-refractivity contribution < 1.29 is 14.2 Å². The van der Waals surface area contributed by atoms with Crippen LogP contribution in [0.5, 0.6) is 17.2 Å². The van der Waals surface area contributed by atoms with Crippen LogP contribution in [0.3, 0.4) is 0 Å². The van der Waals surface area contributed by atoms with E-state index in [0.29, 0.717) is 17.2 Å². The summed E-state index contributed by atoms with van der Waals surface area (Å²) in [4.78, 5) is 10.2. The van der Waals surface area contributed by atoms with Crippen LogP contribution < -0.4 is 14.2 Å². The number of methoxy groups -OCH3 is 3. The molecule has 0 unspecified atom stereocenters. The lowest BCUT2D eigenvalue weighted by atomic mass is 10.1. The summed E-state index contributed by atoms with van der Waals surface area (Å²) in [5.74, 6) is 2.72. The van der Waals surface area contributed by atoms with Gasteiger partial charge in [-0.3, -0.25) is 0 Å². The molecule has 3 rings (SSSR count). The van der Waals surface area contributed by atoms with Crippen molar-refractivity contribution in [2.75, 3.05) is 21.3 Å². The number of hydrogen-bond acceptors (Lipinski definition) is 6. The van der Waals surface area contributed by atoms with Crippen molar-refractivity contribution in [1.29, 1.82) is 0 Å². The van der Waals surface area contributed by atoms with Crippen molar-refractivity contribution >= 4 is 11.8 Å². The summed E-state index contributed by atoms with van der Waals surface area (Å²) in [5.41, 5.74) is 1.08. The number of hydrogen-bond donors (Lipinski definition) is 0. The summed E-state index contributed by atoms with van der Waals surface area (Å²) >= 11 is 1.63. The van der Waals surface area contributed by atoms with Crippen molar-refractivity contribution in [3.63, 3.8) is 0 Å². The number of nitrogens with zero attached hydrogens (tertiary/aromatic N) is 2. The van der Waals surface area contributed by atoms with Gasteiger partial charge in [-0.15, -0.1) is 0 Å². The lowest BCUT2D eigenvalue weighted by Crippen LogP contribution is -2.01. The van der Waals surface area contributed by atoms with Crippen molar-refractivity contribution in [2.24, 2.45) is 0 Å². The molecule has 0 saturated carbocycles. The number of rotatable bonds is 8. The molecule has 27 heavy (non-hydrogen) atoms. The minimum absolute atomic E-state index is 0.598. The Hall–Kier alpha value is -2.73. The van der Waals surface area contributed by atoms with Gasteiger partial charge in [-0.05, 0) is 42.3 Å². The van der Waals surface area contributed by atoms with Crippen LogP contribution in [0, 0.1) is 0 Å². The Kier molecular flexibility index (Phi) is 6.54. The highest BCUT2D eigenvalue weighted by atomic mass is 32.2. The van der Waals surface area contributed by atoms with Gasteiger partial charge < -0.3 is 14.2 Å². The summed E-state index contributed by atoms with van der Waals surface area (Å²) in [7, 11) is 4.84. The van der Waals surface area contributed by atoms with Gasteiger partial charge in [-0.1, -0.05) is 30.0 Å². The quantitative estimate of drug-likeness (QED) is 0.537. The van der Waals surface area contributed by atoms with Crippen molar-refractivity contribution in [3.8, 4) is 17.2 Å².